The second-order valence-corrected chi connectivity index (χ2v) is 3.29. The lowest BCUT2D eigenvalue weighted by atomic mass is 10.4. The fourth-order valence-corrected chi connectivity index (χ4v) is 1.14. The van der Waals surface area contributed by atoms with Crippen molar-refractivity contribution in [3.8, 4) is 6.07 Å². The summed E-state index contributed by atoms with van der Waals surface area (Å²) in [5, 5.41) is 12.0. The summed E-state index contributed by atoms with van der Waals surface area (Å²) >= 11 is 0. The van der Waals surface area contributed by atoms with Gasteiger partial charge in [0.05, 0.1) is 18.1 Å². The van der Waals surface area contributed by atoms with Gasteiger partial charge in [-0.1, -0.05) is 6.92 Å². The molecule has 0 amide bonds. The van der Waals surface area contributed by atoms with E-state index in [2.05, 4.69) is 23.3 Å². The number of rotatable bonds is 5. The monoisotopic (exact) mass is 192 g/mol. The molecule has 1 aromatic heterocycles. The SMILES string of the molecule is CCCNCc1cn(C(C)C#N)cn1. The molecule has 0 saturated heterocycles. The Morgan fingerprint density at radius 2 is 2.50 bits per heavy atom. The average molecular weight is 192 g/mol. The van der Waals surface area contributed by atoms with Crippen LogP contribution in [0, 0.1) is 11.3 Å². The number of hydrogen-bond donors (Lipinski definition) is 1. The van der Waals surface area contributed by atoms with E-state index in [4.69, 9.17) is 5.26 Å². The standard InChI is InChI=1S/C10H16N4/c1-3-4-12-6-10-7-14(8-13-10)9(2)5-11/h7-9,12H,3-4,6H2,1-2H3. The van der Waals surface area contributed by atoms with Gasteiger partial charge in [0, 0.05) is 12.7 Å². The van der Waals surface area contributed by atoms with Crippen LogP contribution in [0.5, 0.6) is 0 Å². The maximum atomic E-state index is 8.70. The molecule has 4 nitrogen and oxygen atoms in total. The minimum atomic E-state index is -0.137. The number of nitrogens with zero attached hydrogens (tertiary/aromatic N) is 3. The maximum absolute atomic E-state index is 8.70. The summed E-state index contributed by atoms with van der Waals surface area (Å²) in [6.45, 7) is 5.76. The summed E-state index contributed by atoms with van der Waals surface area (Å²) in [5.41, 5.74) is 0.987. The summed E-state index contributed by atoms with van der Waals surface area (Å²) in [6.07, 6.45) is 4.74. The van der Waals surface area contributed by atoms with Gasteiger partial charge in [-0.15, -0.1) is 0 Å². The van der Waals surface area contributed by atoms with E-state index in [-0.39, 0.29) is 6.04 Å². The van der Waals surface area contributed by atoms with E-state index in [0.717, 1.165) is 25.2 Å². The smallest absolute Gasteiger partial charge is 0.119 e. The molecule has 1 unspecified atom stereocenters. The lowest BCUT2D eigenvalue weighted by molar-refractivity contribution is 0.657. The normalized spacial score (nSPS) is 12.4. The highest BCUT2D eigenvalue weighted by molar-refractivity contribution is 5.00. The van der Waals surface area contributed by atoms with Crippen molar-refractivity contribution >= 4 is 0 Å². The molecule has 0 spiro atoms. The first-order chi connectivity index (χ1) is 6.77. The van der Waals surface area contributed by atoms with Crippen LogP contribution in [0.15, 0.2) is 12.5 Å². The highest BCUT2D eigenvalue weighted by atomic mass is 15.1. The third-order valence-electron chi connectivity index (χ3n) is 2.02. The van der Waals surface area contributed by atoms with Gasteiger partial charge < -0.3 is 9.88 Å². The van der Waals surface area contributed by atoms with Crippen LogP contribution in [0.3, 0.4) is 0 Å². The molecule has 1 heterocycles. The third-order valence-corrected chi connectivity index (χ3v) is 2.02. The zero-order valence-corrected chi connectivity index (χ0v) is 8.70. The van der Waals surface area contributed by atoms with E-state index in [1.165, 1.54) is 0 Å². The Hall–Kier alpha value is -1.34. The summed E-state index contributed by atoms with van der Waals surface area (Å²) in [5.74, 6) is 0. The van der Waals surface area contributed by atoms with Crippen LogP contribution in [0.1, 0.15) is 32.0 Å². The first-order valence-corrected chi connectivity index (χ1v) is 4.90. The van der Waals surface area contributed by atoms with E-state index in [9.17, 15) is 0 Å². The van der Waals surface area contributed by atoms with E-state index in [1.54, 1.807) is 6.33 Å². The van der Waals surface area contributed by atoms with Gasteiger partial charge in [-0.2, -0.15) is 5.26 Å². The Morgan fingerprint density at radius 3 is 3.14 bits per heavy atom. The molecule has 0 aliphatic rings. The van der Waals surface area contributed by atoms with Crippen molar-refractivity contribution in [3.05, 3.63) is 18.2 Å². The van der Waals surface area contributed by atoms with Gasteiger partial charge in [0.15, 0.2) is 0 Å². The molecule has 4 heteroatoms. The van der Waals surface area contributed by atoms with Gasteiger partial charge in [-0.25, -0.2) is 4.98 Å². The van der Waals surface area contributed by atoms with Crippen molar-refractivity contribution in [3.63, 3.8) is 0 Å². The van der Waals surface area contributed by atoms with Crippen LogP contribution in [0.2, 0.25) is 0 Å². The van der Waals surface area contributed by atoms with Crippen molar-refractivity contribution in [1.29, 1.82) is 5.26 Å². The molecule has 0 aromatic carbocycles. The number of aromatic nitrogens is 2. The quantitative estimate of drug-likeness (QED) is 0.719. The molecule has 76 valence electrons. The summed E-state index contributed by atoms with van der Waals surface area (Å²) in [6, 6.07) is 2.03. The predicted octanol–water partition coefficient (Wildman–Crippen LogP) is 1.47. The minimum absolute atomic E-state index is 0.137. The Labute approximate surface area is 84.6 Å². The maximum Gasteiger partial charge on any atom is 0.119 e. The van der Waals surface area contributed by atoms with Crippen molar-refractivity contribution in [2.75, 3.05) is 6.54 Å². The molecule has 1 rings (SSSR count). The summed E-state index contributed by atoms with van der Waals surface area (Å²) < 4.78 is 1.82. The van der Waals surface area contributed by atoms with Crippen LogP contribution in [-0.2, 0) is 6.54 Å². The zero-order chi connectivity index (χ0) is 10.4. The average Bonchev–Trinajstić information content (AvgIpc) is 2.66. The van der Waals surface area contributed by atoms with Crippen LogP contribution in [0.4, 0.5) is 0 Å². The van der Waals surface area contributed by atoms with E-state index < -0.39 is 0 Å². The Bertz CT molecular complexity index is 310. The number of hydrogen-bond acceptors (Lipinski definition) is 3. The Morgan fingerprint density at radius 1 is 1.71 bits per heavy atom. The van der Waals surface area contributed by atoms with E-state index >= 15 is 0 Å². The molecule has 1 atom stereocenters. The van der Waals surface area contributed by atoms with E-state index in [1.807, 2.05) is 17.7 Å². The van der Waals surface area contributed by atoms with Gasteiger partial charge in [0.25, 0.3) is 0 Å². The lowest BCUT2D eigenvalue weighted by Gasteiger charge is -2.01. The Balaban J connectivity index is 2.47. The van der Waals surface area contributed by atoms with Crippen LogP contribution in [0.25, 0.3) is 0 Å². The molecule has 0 fully saturated rings. The predicted molar refractivity (Wildman–Crippen MR) is 54.5 cm³/mol. The number of nitriles is 1. The fraction of sp³-hybridized carbons (Fsp3) is 0.600. The van der Waals surface area contributed by atoms with Gasteiger partial charge in [-0.3, -0.25) is 0 Å². The van der Waals surface area contributed by atoms with Crippen molar-refractivity contribution in [2.24, 2.45) is 0 Å². The molecule has 14 heavy (non-hydrogen) atoms. The van der Waals surface area contributed by atoms with Gasteiger partial charge in [0.1, 0.15) is 6.04 Å². The first kappa shape index (κ1) is 10.7. The summed E-state index contributed by atoms with van der Waals surface area (Å²) in [7, 11) is 0. The van der Waals surface area contributed by atoms with Crippen molar-refractivity contribution < 1.29 is 0 Å². The molecule has 0 bridgehead atoms. The molecular formula is C10H16N4. The van der Waals surface area contributed by atoms with E-state index in [0.29, 0.717) is 0 Å². The highest BCUT2D eigenvalue weighted by Crippen LogP contribution is 2.04. The highest BCUT2D eigenvalue weighted by Gasteiger charge is 2.03. The van der Waals surface area contributed by atoms with Gasteiger partial charge in [0.2, 0.25) is 0 Å². The molecule has 1 N–H and O–H groups in total. The van der Waals surface area contributed by atoms with Crippen LogP contribution >= 0.6 is 0 Å². The molecule has 0 aliphatic heterocycles. The Kier molecular flexibility index (Phi) is 4.14. The molecule has 0 radical (unpaired) electrons. The van der Waals surface area contributed by atoms with Crippen molar-refractivity contribution in [2.45, 2.75) is 32.9 Å². The third kappa shape index (κ3) is 2.86. The van der Waals surface area contributed by atoms with Crippen LogP contribution < -0.4 is 5.32 Å². The van der Waals surface area contributed by atoms with Crippen molar-refractivity contribution in [1.82, 2.24) is 14.9 Å². The van der Waals surface area contributed by atoms with Gasteiger partial charge >= 0.3 is 0 Å². The summed E-state index contributed by atoms with van der Waals surface area (Å²) in [4.78, 5) is 4.21. The van der Waals surface area contributed by atoms with Crippen LogP contribution in [-0.4, -0.2) is 16.1 Å². The molecule has 0 saturated carbocycles. The topological polar surface area (TPSA) is 53.6 Å². The fourth-order valence-electron chi connectivity index (χ4n) is 1.14. The lowest BCUT2D eigenvalue weighted by Crippen LogP contribution is -2.13. The largest absolute Gasteiger partial charge is 0.321 e. The molecular weight excluding hydrogens is 176 g/mol. The number of imidazole rings is 1. The minimum Gasteiger partial charge on any atom is -0.321 e. The number of nitrogens with one attached hydrogen (secondary N) is 1. The zero-order valence-electron chi connectivity index (χ0n) is 8.70. The first-order valence-electron chi connectivity index (χ1n) is 4.90. The second-order valence-electron chi connectivity index (χ2n) is 3.29. The molecule has 0 aliphatic carbocycles. The second kappa shape index (κ2) is 5.40. The van der Waals surface area contributed by atoms with Gasteiger partial charge in [-0.05, 0) is 19.9 Å². The molecule has 1 aromatic rings.